The number of carbonyl (C=O) groups is 2. The van der Waals surface area contributed by atoms with Crippen molar-refractivity contribution in [2.24, 2.45) is 0 Å². The molecule has 0 heterocycles. The lowest BCUT2D eigenvalue weighted by atomic mass is 10.1. The Morgan fingerprint density at radius 3 is 2.56 bits per heavy atom. The van der Waals surface area contributed by atoms with Gasteiger partial charge in [0, 0.05) is 12.0 Å². The molecule has 1 aromatic carbocycles. The molecule has 0 spiro atoms. The molecule has 0 amide bonds. The number of hydrogen-bond donors (Lipinski definition) is 1. The van der Waals surface area contributed by atoms with Gasteiger partial charge in [0.15, 0.2) is 0 Å². The third-order valence-electron chi connectivity index (χ3n) is 2.15. The van der Waals surface area contributed by atoms with Gasteiger partial charge in [0.05, 0.1) is 7.11 Å². The molecule has 86 valence electrons. The molecular formula is C11H11FO4. The highest BCUT2D eigenvalue weighted by atomic mass is 19.1. The molecule has 0 atom stereocenters. The molecular weight excluding hydrogens is 215 g/mol. The summed E-state index contributed by atoms with van der Waals surface area (Å²) in [6.07, 6.45) is -0.379. The highest BCUT2D eigenvalue weighted by Crippen LogP contribution is 2.23. The van der Waals surface area contributed by atoms with Crippen LogP contribution in [0.5, 0.6) is 5.75 Å². The fourth-order valence-electron chi connectivity index (χ4n) is 1.27. The molecule has 0 aliphatic carbocycles. The van der Waals surface area contributed by atoms with Gasteiger partial charge in [-0.15, -0.1) is 0 Å². The zero-order valence-electron chi connectivity index (χ0n) is 8.91. The normalized spacial score (nSPS) is 9.94. The van der Waals surface area contributed by atoms with Crippen molar-refractivity contribution in [3.8, 4) is 5.75 Å². The summed E-state index contributed by atoms with van der Waals surface area (Å²) in [6.45, 7) is 1.56. The Labute approximate surface area is 91.7 Å². The first-order valence-corrected chi connectivity index (χ1v) is 4.55. The minimum absolute atomic E-state index is 0.234. The number of aryl methyl sites for hydroxylation is 1. The molecule has 1 N–H and O–H groups in total. The highest BCUT2D eigenvalue weighted by molar-refractivity contribution is 6.33. The second-order valence-electron chi connectivity index (χ2n) is 3.32. The van der Waals surface area contributed by atoms with E-state index in [0.717, 1.165) is 6.07 Å². The number of aliphatic carboxylic acids is 1. The molecule has 5 heteroatoms. The number of methoxy groups -OCH3 is 1. The van der Waals surface area contributed by atoms with Gasteiger partial charge in [-0.05, 0) is 24.6 Å². The van der Waals surface area contributed by atoms with E-state index in [2.05, 4.69) is 0 Å². The van der Waals surface area contributed by atoms with E-state index in [-0.39, 0.29) is 12.0 Å². The minimum atomic E-state index is -1.54. The second-order valence-corrected chi connectivity index (χ2v) is 3.32. The van der Waals surface area contributed by atoms with Crippen molar-refractivity contribution in [1.82, 2.24) is 0 Å². The molecule has 1 rings (SSSR count). The Kier molecular flexibility index (Phi) is 3.60. The van der Waals surface area contributed by atoms with Crippen molar-refractivity contribution in [1.29, 1.82) is 0 Å². The molecule has 1 aromatic rings. The maximum absolute atomic E-state index is 13.2. The number of carboxylic acids is 1. The van der Waals surface area contributed by atoms with Gasteiger partial charge in [-0.25, -0.2) is 9.18 Å². The van der Waals surface area contributed by atoms with Crippen LogP contribution in [0.15, 0.2) is 12.1 Å². The van der Waals surface area contributed by atoms with Crippen LogP contribution in [0.2, 0.25) is 0 Å². The van der Waals surface area contributed by atoms with Crippen molar-refractivity contribution in [3.63, 3.8) is 0 Å². The monoisotopic (exact) mass is 226 g/mol. The standard InChI is InChI=1S/C11H11FO4/c1-6-3-10(16-2)7(4-8(6)12)5-9(13)11(14)15/h3-4H,5H2,1-2H3,(H,14,15). The second kappa shape index (κ2) is 4.74. The van der Waals surface area contributed by atoms with E-state index >= 15 is 0 Å². The summed E-state index contributed by atoms with van der Waals surface area (Å²) in [5.41, 5.74) is 0.612. The smallest absolute Gasteiger partial charge is 0.372 e. The van der Waals surface area contributed by atoms with Crippen LogP contribution in [-0.2, 0) is 16.0 Å². The maximum Gasteiger partial charge on any atom is 0.372 e. The summed E-state index contributed by atoms with van der Waals surface area (Å²) in [5.74, 6) is -2.72. The van der Waals surface area contributed by atoms with Gasteiger partial charge in [-0.1, -0.05) is 0 Å². The molecule has 0 unspecified atom stereocenters. The predicted octanol–water partition coefficient (Wildman–Crippen LogP) is 1.34. The molecule has 16 heavy (non-hydrogen) atoms. The van der Waals surface area contributed by atoms with Crippen LogP contribution in [0, 0.1) is 12.7 Å². The number of ketones is 1. The van der Waals surface area contributed by atoms with Crippen LogP contribution in [0.3, 0.4) is 0 Å². The highest BCUT2D eigenvalue weighted by Gasteiger charge is 2.16. The third kappa shape index (κ3) is 2.56. The fraction of sp³-hybridized carbons (Fsp3) is 0.273. The van der Waals surface area contributed by atoms with Gasteiger partial charge in [-0.2, -0.15) is 0 Å². The summed E-state index contributed by atoms with van der Waals surface area (Å²) in [5, 5.41) is 8.45. The first-order chi connectivity index (χ1) is 7.45. The van der Waals surface area contributed by atoms with Crippen LogP contribution < -0.4 is 4.74 Å². The van der Waals surface area contributed by atoms with E-state index in [9.17, 15) is 14.0 Å². The summed E-state index contributed by atoms with van der Waals surface area (Å²) in [7, 11) is 1.38. The molecule has 0 aliphatic heterocycles. The van der Waals surface area contributed by atoms with Gasteiger partial charge in [0.25, 0.3) is 0 Å². The van der Waals surface area contributed by atoms with Crippen LogP contribution >= 0.6 is 0 Å². The van der Waals surface area contributed by atoms with Crippen LogP contribution in [0.1, 0.15) is 11.1 Å². The van der Waals surface area contributed by atoms with Gasteiger partial charge in [0.1, 0.15) is 11.6 Å². The zero-order chi connectivity index (χ0) is 12.3. The van der Waals surface area contributed by atoms with E-state index in [1.807, 2.05) is 0 Å². The molecule has 0 aromatic heterocycles. The Hall–Kier alpha value is -1.91. The van der Waals surface area contributed by atoms with Crippen molar-refractivity contribution in [3.05, 3.63) is 29.1 Å². The number of ether oxygens (including phenoxy) is 1. The minimum Gasteiger partial charge on any atom is -0.496 e. The van der Waals surface area contributed by atoms with Gasteiger partial charge in [0.2, 0.25) is 5.78 Å². The molecule has 0 saturated carbocycles. The van der Waals surface area contributed by atoms with Gasteiger partial charge < -0.3 is 9.84 Å². The van der Waals surface area contributed by atoms with E-state index < -0.39 is 17.6 Å². The lowest BCUT2D eigenvalue weighted by molar-refractivity contribution is -0.148. The van der Waals surface area contributed by atoms with Crippen LogP contribution in [-0.4, -0.2) is 24.0 Å². The quantitative estimate of drug-likeness (QED) is 0.787. The van der Waals surface area contributed by atoms with E-state index in [1.54, 1.807) is 6.92 Å². The topological polar surface area (TPSA) is 63.6 Å². The lowest BCUT2D eigenvalue weighted by Crippen LogP contribution is -2.15. The molecule has 0 saturated heterocycles. The number of benzene rings is 1. The van der Waals surface area contributed by atoms with Crippen molar-refractivity contribution in [2.45, 2.75) is 13.3 Å². The van der Waals surface area contributed by atoms with Crippen molar-refractivity contribution in [2.75, 3.05) is 7.11 Å². The van der Waals surface area contributed by atoms with E-state index in [0.29, 0.717) is 11.3 Å². The third-order valence-corrected chi connectivity index (χ3v) is 2.15. The lowest BCUT2D eigenvalue weighted by Gasteiger charge is -2.08. The van der Waals surface area contributed by atoms with Crippen molar-refractivity contribution >= 4 is 11.8 Å². The number of halogens is 1. The molecule has 0 bridgehead atoms. The average molecular weight is 226 g/mol. The molecule has 0 aliphatic rings. The predicted molar refractivity (Wildman–Crippen MR) is 54.0 cm³/mol. The maximum atomic E-state index is 13.2. The first-order valence-electron chi connectivity index (χ1n) is 4.55. The number of Topliss-reactive ketones (excluding diaryl/α,β-unsaturated/α-hetero) is 1. The molecule has 0 fully saturated rings. The first kappa shape index (κ1) is 12.2. The summed E-state index contributed by atoms with van der Waals surface area (Å²) in [4.78, 5) is 21.4. The Balaban J connectivity index is 3.08. The Morgan fingerprint density at radius 2 is 2.06 bits per heavy atom. The van der Waals surface area contributed by atoms with Crippen LogP contribution in [0.4, 0.5) is 4.39 Å². The fourth-order valence-corrected chi connectivity index (χ4v) is 1.27. The Bertz CT molecular complexity index is 440. The van der Waals surface area contributed by atoms with Gasteiger partial charge >= 0.3 is 5.97 Å². The van der Waals surface area contributed by atoms with Gasteiger partial charge in [-0.3, -0.25) is 4.79 Å². The SMILES string of the molecule is COc1cc(C)c(F)cc1CC(=O)C(=O)O. The number of carboxylic acid groups (broad SMARTS) is 1. The van der Waals surface area contributed by atoms with Crippen LogP contribution in [0.25, 0.3) is 0 Å². The molecule has 4 nitrogen and oxygen atoms in total. The Morgan fingerprint density at radius 1 is 1.44 bits per heavy atom. The largest absolute Gasteiger partial charge is 0.496 e. The number of hydrogen-bond acceptors (Lipinski definition) is 3. The summed E-state index contributed by atoms with van der Waals surface area (Å²) < 4.78 is 18.2. The zero-order valence-corrected chi connectivity index (χ0v) is 8.91. The van der Waals surface area contributed by atoms with Crippen molar-refractivity contribution < 1.29 is 23.8 Å². The van der Waals surface area contributed by atoms with E-state index in [4.69, 9.17) is 9.84 Å². The number of carbonyl (C=O) groups excluding carboxylic acids is 1. The van der Waals surface area contributed by atoms with E-state index in [1.165, 1.54) is 13.2 Å². The average Bonchev–Trinajstić information content (AvgIpc) is 2.22. The molecule has 0 radical (unpaired) electrons. The number of rotatable bonds is 4. The summed E-state index contributed by atoms with van der Waals surface area (Å²) >= 11 is 0. The summed E-state index contributed by atoms with van der Waals surface area (Å²) in [6, 6.07) is 2.55.